The van der Waals surface area contributed by atoms with Gasteiger partial charge in [-0.1, -0.05) is 12.5 Å². The topological polar surface area (TPSA) is 54.4 Å². The third kappa shape index (κ3) is 1.74. The normalized spacial score (nSPS) is 45.0. The zero-order chi connectivity index (χ0) is 18.3. The monoisotopic (exact) mass is 354 g/mol. The van der Waals surface area contributed by atoms with Gasteiger partial charge in [0.1, 0.15) is 6.10 Å². The van der Waals surface area contributed by atoms with Gasteiger partial charge in [0.2, 0.25) is 0 Å². The minimum Gasteiger partial charge on any atom is -0.386 e. The van der Waals surface area contributed by atoms with Crippen LogP contribution in [0.2, 0.25) is 0 Å². The second-order valence-electron chi connectivity index (χ2n) is 9.84. The van der Waals surface area contributed by atoms with Crippen molar-refractivity contribution in [3.05, 3.63) is 22.8 Å². The molecule has 0 aromatic rings. The van der Waals surface area contributed by atoms with Crippen molar-refractivity contribution in [2.45, 2.75) is 84.2 Å². The van der Waals surface area contributed by atoms with Gasteiger partial charge in [-0.2, -0.15) is 0 Å². The van der Waals surface area contributed by atoms with Crippen LogP contribution in [-0.4, -0.2) is 22.8 Å². The van der Waals surface area contributed by atoms with Gasteiger partial charge in [-0.25, -0.2) is 0 Å². The zero-order valence-electron chi connectivity index (χ0n) is 16.1. The van der Waals surface area contributed by atoms with E-state index < -0.39 is 6.10 Å². The van der Waals surface area contributed by atoms with E-state index in [-0.39, 0.29) is 22.0 Å². The van der Waals surface area contributed by atoms with Crippen molar-refractivity contribution in [2.75, 3.05) is 0 Å². The number of carbonyl (C=O) groups excluding carboxylic acids is 2. The molecular formula is C23H30O3. The number of carbonyl (C=O) groups is 2. The van der Waals surface area contributed by atoms with E-state index in [0.717, 1.165) is 57.8 Å². The number of hydrogen-bond acceptors (Lipinski definition) is 3. The van der Waals surface area contributed by atoms with Gasteiger partial charge in [-0.05, 0) is 98.7 Å². The van der Waals surface area contributed by atoms with Crippen molar-refractivity contribution >= 4 is 11.6 Å². The summed E-state index contributed by atoms with van der Waals surface area (Å²) in [7, 11) is 0. The lowest BCUT2D eigenvalue weighted by molar-refractivity contribution is -0.144. The van der Waals surface area contributed by atoms with Crippen LogP contribution in [0.4, 0.5) is 0 Å². The van der Waals surface area contributed by atoms with Crippen LogP contribution in [0.3, 0.4) is 0 Å². The van der Waals surface area contributed by atoms with Crippen LogP contribution in [-0.2, 0) is 9.59 Å². The Labute approximate surface area is 155 Å². The summed E-state index contributed by atoms with van der Waals surface area (Å²) in [6.45, 7) is 4.04. The van der Waals surface area contributed by atoms with Gasteiger partial charge in [-0.15, -0.1) is 0 Å². The molecular weight excluding hydrogens is 324 g/mol. The fourth-order valence-electron chi connectivity index (χ4n) is 8.20. The fraction of sp³-hybridized carbons (Fsp3) is 0.739. The highest BCUT2D eigenvalue weighted by molar-refractivity contribution is 5.93. The van der Waals surface area contributed by atoms with E-state index in [4.69, 9.17) is 0 Å². The van der Waals surface area contributed by atoms with Crippen LogP contribution in [0.1, 0.15) is 78.1 Å². The molecule has 26 heavy (non-hydrogen) atoms. The van der Waals surface area contributed by atoms with E-state index in [1.54, 1.807) is 12.5 Å². The van der Waals surface area contributed by atoms with Gasteiger partial charge in [0.15, 0.2) is 11.6 Å². The molecule has 0 aliphatic heterocycles. The van der Waals surface area contributed by atoms with Gasteiger partial charge in [0.25, 0.3) is 0 Å². The number of aliphatic hydroxyl groups is 1. The molecule has 3 saturated carbocycles. The molecule has 3 heteroatoms. The molecule has 140 valence electrons. The van der Waals surface area contributed by atoms with Gasteiger partial charge < -0.3 is 5.11 Å². The summed E-state index contributed by atoms with van der Waals surface area (Å²) in [5.41, 5.74) is 4.43. The van der Waals surface area contributed by atoms with Gasteiger partial charge in [0.05, 0.1) is 0 Å². The predicted molar refractivity (Wildman–Crippen MR) is 99.4 cm³/mol. The SMILES string of the molecule is C[C@H](O)C(=O)C12CCC3(CC1)[C@@H]1CCC4=CC(=O)CCC4=C1CC[C@]23C. The molecule has 3 atom stereocenters. The number of hydrogen-bond donors (Lipinski definition) is 1. The lowest BCUT2D eigenvalue weighted by atomic mass is 9.48. The summed E-state index contributed by atoms with van der Waals surface area (Å²) >= 11 is 0. The molecule has 5 aliphatic carbocycles. The van der Waals surface area contributed by atoms with Crippen molar-refractivity contribution in [3.63, 3.8) is 0 Å². The third-order valence-corrected chi connectivity index (χ3v) is 9.42. The highest BCUT2D eigenvalue weighted by Gasteiger charge is 2.75. The summed E-state index contributed by atoms with van der Waals surface area (Å²) in [4.78, 5) is 25.0. The van der Waals surface area contributed by atoms with Crippen LogP contribution in [0.25, 0.3) is 0 Å². The van der Waals surface area contributed by atoms with E-state index in [1.807, 2.05) is 6.08 Å². The zero-order valence-corrected chi connectivity index (χ0v) is 16.1. The first kappa shape index (κ1) is 16.9. The Morgan fingerprint density at radius 2 is 1.85 bits per heavy atom. The first-order valence-corrected chi connectivity index (χ1v) is 10.5. The molecule has 0 aromatic heterocycles. The van der Waals surface area contributed by atoms with E-state index in [2.05, 4.69) is 6.92 Å². The van der Waals surface area contributed by atoms with E-state index in [1.165, 1.54) is 11.1 Å². The minimum atomic E-state index is -0.842. The maximum Gasteiger partial charge on any atom is 0.167 e. The van der Waals surface area contributed by atoms with Crippen molar-refractivity contribution in [1.82, 2.24) is 0 Å². The molecule has 0 amide bonds. The average molecular weight is 354 g/mol. The molecule has 2 bridgehead atoms. The first-order chi connectivity index (χ1) is 12.3. The number of aliphatic hydroxyl groups excluding tert-OH is 1. The number of fused-ring (bicyclic) bond motifs is 2. The van der Waals surface area contributed by atoms with Crippen LogP contribution in [0.15, 0.2) is 22.8 Å². The van der Waals surface area contributed by atoms with Crippen molar-refractivity contribution in [1.29, 1.82) is 0 Å². The van der Waals surface area contributed by atoms with Crippen LogP contribution in [0, 0.1) is 22.2 Å². The molecule has 0 spiro atoms. The van der Waals surface area contributed by atoms with Crippen molar-refractivity contribution in [2.24, 2.45) is 22.2 Å². The number of allylic oxidation sites excluding steroid dienone is 4. The molecule has 0 radical (unpaired) electrons. The molecule has 5 aliphatic rings. The average Bonchev–Trinajstić information content (AvgIpc) is 3.05. The fourth-order valence-corrected chi connectivity index (χ4v) is 8.20. The number of ketones is 2. The molecule has 0 aromatic carbocycles. The number of rotatable bonds is 2. The van der Waals surface area contributed by atoms with Crippen LogP contribution in [0.5, 0.6) is 0 Å². The quantitative estimate of drug-likeness (QED) is 0.805. The maximum absolute atomic E-state index is 13.1. The Balaban J connectivity index is 1.61. The summed E-state index contributed by atoms with van der Waals surface area (Å²) in [5, 5.41) is 10.1. The van der Waals surface area contributed by atoms with E-state index in [0.29, 0.717) is 18.1 Å². The summed E-state index contributed by atoms with van der Waals surface area (Å²) in [6, 6.07) is 0. The minimum absolute atomic E-state index is 0.0362. The Morgan fingerprint density at radius 3 is 2.54 bits per heavy atom. The Morgan fingerprint density at radius 1 is 1.12 bits per heavy atom. The van der Waals surface area contributed by atoms with Crippen LogP contribution >= 0.6 is 0 Å². The van der Waals surface area contributed by atoms with Gasteiger partial charge >= 0.3 is 0 Å². The highest BCUT2D eigenvalue weighted by Crippen LogP contribution is 2.80. The third-order valence-electron chi connectivity index (χ3n) is 9.42. The second kappa shape index (κ2) is 5.19. The molecule has 0 unspecified atom stereocenters. The van der Waals surface area contributed by atoms with Crippen molar-refractivity contribution in [3.8, 4) is 0 Å². The highest BCUT2D eigenvalue weighted by atomic mass is 16.3. The molecule has 0 saturated heterocycles. The molecule has 3 fully saturated rings. The molecule has 0 heterocycles. The molecule has 5 rings (SSSR count). The Bertz CT molecular complexity index is 760. The van der Waals surface area contributed by atoms with E-state index in [9.17, 15) is 14.7 Å². The smallest absolute Gasteiger partial charge is 0.167 e. The lowest BCUT2D eigenvalue weighted by Gasteiger charge is -2.56. The lowest BCUT2D eigenvalue weighted by Crippen LogP contribution is -2.51. The Kier molecular flexibility index (Phi) is 3.37. The Hall–Kier alpha value is -1.22. The number of Topliss-reactive ketones (excluding diaryl/α,β-unsaturated/α-hetero) is 1. The molecule has 1 N–H and O–H groups in total. The largest absolute Gasteiger partial charge is 0.386 e. The summed E-state index contributed by atoms with van der Waals surface area (Å²) < 4.78 is 0. The summed E-state index contributed by atoms with van der Waals surface area (Å²) in [5.74, 6) is 0.993. The summed E-state index contributed by atoms with van der Waals surface area (Å²) in [6.07, 6.45) is 11.2. The maximum atomic E-state index is 13.1. The predicted octanol–water partition coefficient (Wildman–Crippen LogP) is 4.29. The molecule has 3 nitrogen and oxygen atoms in total. The van der Waals surface area contributed by atoms with Crippen LogP contribution < -0.4 is 0 Å². The first-order valence-electron chi connectivity index (χ1n) is 10.5. The standard InChI is InChI=1S/C23H30O3/c1-14(24)20(26)23-11-9-22(10-12-23)19-6-3-15-13-16(25)4-5-17(15)18(19)7-8-21(22,23)2/h13-14,19,24H,3-12H2,1-2H3/t14-,19+,21-,22?,23?/m0/s1. The van der Waals surface area contributed by atoms with Crippen molar-refractivity contribution < 1.29 is 14.7 Å². The van der Waals surface area contributed by atoms with Gasteiger partial charge in [-0.3, -0.25) is 9.59 Å². The van der Waals surface area contributed by atoms with E-state index >= 15 is 0 Å². The van der Waals surface area contributed by atoms with Gasteiger partial charge in [0, 0.05) is 11.8 Å². The second-order valence-corrected chi connectivity index (χ2v) is 9.84.